The number of aromatic nitrogens is 2. The summed E-state index contributed by atoms with van der Waals surface area (Å²) in [6.45, 7) is 1.71. The van der Waals surface area contributed by atoms with Gasteiger partial charge in [0.2, 0.25) is 5.91 Å². The van der Waals surface area contributed by atoms with Gasteiger partial charge in [-0.1, -0.05) is 90.6 Å². The van der Waals surface area contributed by atoms with Gasteiger partial charge in [0.15, 0.2) is 5.15 Å². The lowest BCUT2D eigenvalue weighted by Crippen LogP contribution is -2.37. The van der Waals surface area contributed by atoms with E-state index in [0.717, 1.165) is 28.7 Å². The maximum Gasteiger partial charge on any atom is 0.389 e. The average molecular weight is 835 g/mol. The third kappa shape index (κ3) is 11.5. The first-order valence-corrected chi connectivity index (χ1v) is 13.5. The predicted molar refractivity (Wildman–Crippen MR) is 146 cm³/mol. The zero-order valence-electron chi connectivity index (χ0n) is 16.4. The van der Waals surface area contributed by atoms with Crippen LogP contribution in [-0.2, 0) is 4.79 Å². The second-order valence-electron chi connectivity index (χ2n) is 6.06. The molecule has 0 fully saturated rings. The van der Waals surface area contributed by atoms with Crippen LogP contribution in [-0.4, -0.2) is 50.8 Å². The molecular formula is C17H18ClF4I3N4O2S. The van der Waals surface area contributed by atoms with E-state index in [0.29, 0.717) is 0 Å². The molecular weight excluding hydrogens is 816 g/mol. The summed E-state index contributed by atoms with van der Waals surface area (Å²) in [5, 5.41) is 15.8. The maximum atomic E-state index is 13.7. The first-order chi connectivity index (χ1) is 14.8. The molecule has 180 valence electrons. The van der Waals surface area contributed by atoms with E-state index in [1.165, 1.54) is 24.1 Å². The third-order valence-corrected chi connectivity index (χ3v) is 5.87. The van der Waals surface area contributed by atoms with Crippen LogP contribution >= 0.6 is 91.1 Å². The van der Waals surface area contributed by atoms with E-state index in [4.69, 9.17) is 16.8 Å². The molecule has 1 aromatic heterocycles. The number of hydrogen-bond donors (Lipinski definition) is 1. The van der Waals surface area contributed by atoms with E-state index in [2.05, 4.69) is 78.0 Å². The molecule has 0 radical (unpaired) electrons. The molecule has 0 aliphatic heterocycles. The van der Waals surface area contributed by atoms with Crippen molar-refractivity contribution < 1.29 is 27.6 Å². The number of hydrogen-bond acceptors (Lipinski definition) is 5. The van der Waals surface area contributed by atoms with Crippen LogP contribution in [0, 0.1) is 0 Å². The fourth-order valence-electron chi connectivity index (χ4n) is 2.17. The molecule has 15 heteroatoms. The van der Waals surface area contributed by atoms with Gasteiger partial charge in [0.1, 0.15) is 10.9 Å². The van der Waals surface area contributed by atoms with Gasteiger partial charge in [0.25, 0.3) is 0 Å². The van der Waals surface area contributed by atoms with E-state index < -0.39 is 17.9 Å². The summed E-state index contributed by atoms with van der Waals surface area (Å²) in [5.41, 5.74) is 0.292. The second kappa shape index (κ2) is 13.9. The molecule has 1 rings (SSSR count). The number of amides is 1. The molecule has 1 N–H and O–H groups in total. The molecule has 0 atom stereocenters. The van der Waals surface area contributed by atoms with E-state index in [1.807, 2.05) is 0 Å². The highest BCUT2D eigenvalue weighted by Crippen LogP contribution is 2.39. The summed E-state index contributed by atoms with van der Waals surface area (Å²) in [7, 11) is 0. The normalized spacial score (nSPS) is 13.8. The molecule has 0 saturated carbocycles. The second-order valence-corrected chi connectivity index (χ2v) is 19.4. The monoisotopic (exact) mass is 834 g/mol. The molecule has 1 heterocycles. The zero-order chi connectivity index (χ0) is 24.5. The molecule has 0 saturated heterocycles. The van der Waals surface area contributed by atoms with Crippen LogP contribution in [0.4, 0.5) is 23.2 Å². The molecule has 0 aliphatic carbocycles. The van der Waals surface area contributed by atoms with Gasteiger partial charge in [-0.2, -0.15) is 30.0 Å². The summed E-state index contributed by atoms with van der Waals surface area (Å²) < 4.78 is 51.3. The summed E-state index contributed by atoms with van der Waals surface area (Å²) in [4.78, 5) is 14.3. The predicted octanol–water partition coefficient (Wildman–Crippen LogP) is 7.08. The fourth-order valence-corrected chi connectivity index (χ4v) is 4.33. The number of alkyl halides is 6. The SMILES string of the molecule is C\C=C(F)/C=C(\C=N\O)n1cc(N(CC(I)(I)I)C(=O)CCSCCC(F)(F)F)c(Cl)n1. The van der Waals surface area contributed by atoms with Crippen molar-refractivity contribution in [1.29, 1.82) is 0 Å². The summed E-state index contributed by atoms with van der Waals surface area (Å²) >= 11 is 13.7. The van der Waals surface area contributed by atoms with Crippen molar-refractivity contribution in [3.05, 3.63) is 29.3 Å². The Morgan fingerprint density at radius 1 is 1.38 bits per heavy atom. The third-order valence-electron chi connectivity index (χ3n) is 3.59. The molecule has 1 amide bonds. The molecule has 0 aliphatic rings. The lowest BCUT2D eigenvalue weighted by atomic mass is 10.3. The topological polar surface area (TPSA) is 70.7 Å². The van der Waals surface area contributed by atoms with Gasteiger partial charge >= 0.3 is 6.18 Å². The number of halogens is 8. The summed E-state index contributed by atoms with van der Waals surface area (Å²) in [5.74, 6) is -0.873. The first-order valence-electron chi connectivity index (χ1n) is 8.75. The van der Waals surface area contributed by atoms with Crippen LogP contribution in [0.2, 0.25) is 5.15 Å². The largest absolute Gasteiger partial charge is 0.411 e. The van der Waals surface area contributed by atoms with Crippen molar-refractivity contribution in [1.82, 2.24) is 9.78 Å². The van der Waals surface area contributed by atoms with Gasteiger partial charge in [0.05, 0.1) is 31.1 Å². The van der Waals surface area contributed by atoms with Crippen LogP contribution in [0.1, 0.15) is 19.8 Å². The molecule has 6 nitrogen and oxygen atoms in total. The van der Waals surface area contributed by atoms with Crippen molar-refractivity contribution in [3.63, 3.8) is 0 Å². The van der Waals surface area contributed by atoms with E-state index in [-0.39, 0.29) is 46.9 Å². The Hall–Kier alpha value is 0.180. The Morgan fingerprint density at radius 3 is 2.56 bits per heavy atom. The Labute approximate surface area is 232 Å². The van der Waals surface area contributed by atoms with Crippen LogP contribution in [0.3, 0.4) is 0 Å². The molecule has 32 heavy (non-hydrogen) atoms. The summed E-state index contributed by atoms with van der Waals surface area (Å²) in [6, 6.07) is 0. The van der Waals surface area contributed by atoms with Crippen molar-refractivity contribution in [2.24, 2.45) is 5.16 Å². The zero-order valence-corrected chi connectivity index (χ0v) is 24.5. The van der Waals surface area contributed by atoms with Crippen molar-refractivity contribution in [2.45, 2.75) is 25.4 Å². The number of carbonyl (C=O) groups excluding carboxylic acids is 1. The van der Waals surface area contributed by atoms with Crippen LogP contribution in [0.25, 0.3) is 5.70 Å². The minimum atomic E-state index is -4.23. The van der Waals surface area contributed by atoms with Gasteiger partial charge in [-0.25, -0.2) is 9.07 Å². The molecule has 0 spiro atoms. The highest BCUT2D eigenvalue weighted by Gasteiger charge is 2.30. The van der Waals surface area contributed by atoms with Crippen molar-refractivity contribution >= 4 is 115 Å². The lowest BCUT2D eigenvalue weighted by Gasteiger charge is -2.26. The number of oxime groups is 1. The number of carbonyl (C=O) groups is 1. The number of rotatable bonds is 11. The van der Waals surface area contributed by atoms with Crippen molar-refractivity contribution in [2.75, 3.05) is 23.0 Å². The van der Waals surface area contributed by atoms with E-state index >= 15 is 0 Å². The molecule has 0 bridgehead atoms. The Kier molecular flexibility index (Phi) is 13.1. The van der Waals surface area contributed by atoms with Gasteiger partial charge in [-0.05, 0) is 6.92 Å². The van der Waals surface area contributed by atoms with Gasteiger partial charge in [0, 0.05) is 24.0 Å². The number of thioether (sulfide) groups is 1. The number of anilines is 1. The number of allylic oxidation sites excluding steroid dienone is 4. The Morgan fingerprint density at radius 2 is 2.03 bits per heavy atom. The fraction of sp³-hybridized carbons (Fsp3) is 0.471. The average Bonchev–Trinajstić information content (AvgIpc) is 3.05. The maximum absolute atomic E-state index is 13.7. The quantitative estimate of drug-likeness (QED) is 0.0379. The van der Waals surface area contributed by atoms with Gasteiger partial charge in [-0.15, -0.1) is 0 Å². The Balaban J connectivity index is 3.11. The van der Waals surface area contributed by atoms with Gasteiger partial charge < -0.3 is 10.1 Å². The van der Waals surface area contributed by atoms with Gasteiger partial charge in [-0.3, -0.25) is 4.79 Å². The first kappa shape index (κ1) is 30.2. The van der Waals surface area contributed by atoms with Crippen LogP contribution in [0.5, 0.6) is 0 Å². The smallest absolute Gasteiger partial charge is 0.389 e. The lowest BCUT2D eigenvalue weighted by molar-refractivity contribution is -0.129. The Bertz CT molecular complexity index is 873. The number of nitrogens with zero attached hydrogens (tertiary/aromatic N) is 4. The van der Waals surface area contributed by atoms with Crippen molar-refractivity contribution in [3.8, 4) is 0 Å². The van der Waals surface area contributed by atoms with Crippen LogP contribution in [0.15, 0.2) is 29.3 Å². The highest BCUT2D eigenvalue weighted by atomic mass is 127. The van der Waals surface area contributed by atoms with Crippen LogP contribution < -0.4 is 4.90 Å². The summed E-state index contributed by atoms with van der Waals surface area (Å²) in [6.07, 6.45) is -0.545. The molecule has 0 unspecified atom stereocenters. The minimum Gasteiger partial charge on any atom is -0.411 e. The minimum absolute atomic E-state index is 0.00196. The van der Waals surface area contributed by atoms with E-state index in [1.54, 1.807) is 0 Å². The highest BCUT2D eigenvalue weighted by molar-refractivity contribution is 14.3. The standard InChI is InChI=1S/C17H18ClF4I3N4O2S/c1-2-11(19)7-12(8-26-31)29-9-13(15(18)27-29)28(10-17(23,24)25)14(30)3-5-32-6-4-16(20,21)22/h2,7-9,31H,3-6,10H2,1H3/b11-2+,12-7+,26-8+. The molecule has 0 aromatic carbocycles. The molecule has 1 aromatic rings. The van der Waals surface area contributed by atoms with E-state index in [9.17, 15) is 22.4 Å².